The first-order chi connectivity index (χ1) is 5.27. The fraction of sp³-hybridized carbons (Fsp3) is 0.667. The van der Waals surface area contributed by atoms with E-state index in [0.29, 0.717) is 5.57 Å². The van der Waals surface area contributed by atoms with Crippen molar-refractivity contribution in [3.05, 3.63) is 11.4 Å². The van der Waals surface area contributed by atoms with Gasteiger partial charge >= 0.3 is 0 Å². The van der Waals surface area contributed by atoms with Gasteiger partial charge in [0, 0.05) is 12.0 Å². The van der Waals surface area contributed by atoms with Gasteiger partial charge in [0.2, 0.25) is 0 Å². The van der Waals surface area contributed by atoms with E-state index in [9.17, 15) is 0 Å². The van der Waals surface area contributed by atoms with Crippen LogP contribution in [0.5, 0.6) is 0 Å². The third-order valence-corrected chi connectivity index (χ3v) is 1.70. The number of hydrogen-bond acceptors (Lipinski definition) is 6. The lowest BCUT2D eigenvalue weighted by Gasteiger charge is -2.27. The van der Waals surface area contributed by atoms with Crippen LogP contribution in [0.15, 0.2) is 11.4 Å². The molecule has 0 fully saturated rings. The summed E-state index contributed by atoms with van der Waals surface area (Å²) in [5.41, 5.74) is 32.0. The topological polar surface area (TPSA) is 156 Å². The van der Waals surface area contributed by atoms with Crippen molar-refractivity contribution >= 4 is 0 Å². The Bertz CT molecular complexity index is 178. The molecule has 0 spiro atoms. The van der Waals surface area contributed by atoms with Gasteiger partial charge < -0.3 is 34.4 Å². The minimum absolute atomic E-state index is 0.112. The van der Waals surface area contributed by atoms with Crippen molar-refractivity contribution in [2.24, 2.45) is 34.4 Å². The molecule has 0 aromatic rings. The first-order valence-corrected chi connectivity index (χ1v) is 3.58. The Morgan fingerprint density at radius 1 is 1.25 bits per heavy atom. The van der Waals surface area contributed by atoms with Gasteiger partial charge in [-0.2, -0.15) is 0 Å². The van der Waals surface area contributed by atoms with Gasteiger partial charge in [-0.3, -0.25) is 0 Å². The summed E-state index contributed by atoms with van der Waals surface area (Å²) < 4.78 is 0. The maximum atomic E-state index is 5.66. The standard InChI is InChI=1S/C6H18N6/c1-3(5(9)10)6(11,12)2-4(7)8/h4H,2,7-12H2,1H3. The first kappa shape index (κ1) is 11.2. The molecule has 0 unspecified atom stereocenters. The molecule has 6 nitrogen and oxygen atoms in total. The van der Waals surface area contributed by atoms with E-state index >= 15 is 0 Å². The fourth-order valence-corrected chi connectivity index (χ4v) is 0.812. The summed E-state index contributed by atoms with van der Waals surface area (Å²) in [5, 5.41) is 0. The molecule has 0 amide bonds. The second kappa shape index (κ2) is 3.72. The van der Waals surface area contributed by atoms with Crippen LogP contribution in [0.1, 0.15) is 13.3 Å². The average Bonchev–Trinajstić information content (AvgIpc) is 1.82. The van der Waals surface area contributed by atoms with Crippen molar-refractivity contribution in [2.45, 2.75) is 25.2 Å². The summed E-state index contributed by atoms with van der Waals surface area (Å²) in [6.45, 7) is 1.65. The summed E-state index contributed by atoms with van der Waals surface area (Å²) in [4.78, 5) is 0. The molecule has 72 valence electrons. The molecule has 0 aliphatic rings. The lowest BCUT2D eigenvalue weighted by atomic mass is 9.98. The van der Waals surface area contributed by atoms with E-state index in [4.69, 9.17) is 34.4 Å². The van der Waals surface area contributed by atoms with Crippen LogP contribution in [0.4, 0.5) is 0 Å². The highest BCUT2D eigenvalue weighted by Gasteiger charge is 2.24. The van der Waals surface area contributed by atoms with E-state index in [0.717, 1.165) is 0 Å². The lowest BCUT2D eigenvalue weighted by Crippen LogP contribution is -2.56. The zero-order chi connectivity index (χ0) is 9.94. The van der Waals surface area contributed by atoms with Crippen LogP contribution >= 0.6 is 0 Å². The minimum atomic E-state index is -1.12. The highest BCUT2D eigenvalue weighted by atomic mass is 15.0. The van der Waals surface area contributed by atoms with Crippen molar-refractivity contribution in [3.8, 4) is 0 Å². The van der Waals surface area contributed by atoms with Crippen LogP contribution in [-0.2, 0) is 0 Å². The zero-order valence-electron chi connectivity index (χ0n) is 7.25. The van der Waals surface area contributed by atoms with Crippen molar-refractivity contribution in [1.29, 1.82) is 0 Å². The Morgan fingerprint density at radius 2 is 1.67 bits per heavy atom. The molecule has 0 heterocycles. The third-order valence-electron chi connectivity index (χ3n) is 1.70. The molecule has 0 saturated heterocycles. The van der Waals surface area contributed by atoms with E-state index in [1.807, 2.05) is 0 Å². The second-order valence-corrected chi connectivity index (χ2v) is 2.99. The van der Waals surface area contributed by atoms with Gasteiger partial charge in [-0.15, -0.1) is 0 Å². The van der Waals surface area contributed by atoms with Crippen molar-refractivity contribution < 1.29 is 0 Å². The molecule has 0 aromatic carbocycles. The summed E-state index contributed by atoms with van der Waals surface area (Å²) in [6, 6.07) is 0. The molecule has 0 aliphatic heterocycles. The summed E-state index contributed by atoms with van der Waals surface area (Å²) >= 11 is 0. The Morgan fingerprint density at radius 3 is 1.92 bits per heavy atom. The fourth-order valence-electron chi connectivity index (χ4n) is 0.812. The van der Waals surface area contributed by atoms with Crippen LogP contribution in [0, 0.1) is 0 Å². The van der Waals surface area contributed by atoms with Gasteiger partial charge in [-0.05, 0) is 6.92 Å². The van der Waals surface area contributed by atoms with Crippen LogP contribution in [0.2, 0.25) is 0 Å². The van der Waals surface area contributed by atoms with Crippen LogP contribution in [0.3, 0.4) is 0 Å². The van der Waals surface area contributed by atoms with Crippen molar-refractivity contribution in [3.63, 3.8) is 0 Å². The zero-order valence-corrected chi connectivity index (χ0v) is 7.25. The van der Waals surface area contributed by atoms with Gasteiger partial charge in [0.25, 0.3) is 0 Å². The number of rotatable bonds is 3. The first-order valence-electron chi connectivity index (χ1n) is 3.58. The maximum absolute atomic E-state index is 5.66. The van der Waals surface area contributed by atoms with Crippen molar-refractivity contribution in [1.82, 2.24) is 0 Å². The van der Waals surface area contributed by atoms with Crippen molar-refractivity contribution in [2.75, 3.05) is 0 Å². The Hall–Kier alpha value is -0.820. The van der Waals surface area contributed by atoms with E-state index in [2.05, 4.69) is 0 Å². The summed E-state index contributed by atoms with van der Waals surface area (Å²) in [6.07, 6.45) is -0.342. The second-order valence-electron chi connectivity index (χ2n) is 2.99. The van der Waals surface area contributed by atoms with E-state index in [1.54, 1.807) is 6.92 Å². The molecule has 0 rings (SSSR count). The highest BCUT2D eigenvalue weighted by Crippen LogP contribution is 2.11. The van der Waals surface area contributed by atoms with Crippen LogP contribution in [-0.4, -0.2) is 11.8 Å². The molecular weight excluding hydrogens is 156 g/mol. The van der Waals surface area contributed by atoms with E-state index < -0.39 is 11.8 Å². The molecule has 0 aliphatic carbocycles. The average molecular weight is 174 g/mol. The molecule has 12 heavy (non-hydrogen) atoms. The Kier molecular flexibility index (Phi) is 3.47. The van der Waals surface area contributed by atoms with Gasteiger partial charge in [0.1, 0.15) is 0 Å². The van der Waals surface area contributed by atoms with Gasteiger partial charge in [-0.1, -0.05) is 0 Å². The maximum Gasteiger partial charge on any atom is 0.0954 e. The normalized spacial score (nSPS) is 11.8. The molecule has 12 N–H and O–H groups in total. The summed E-state index contributed by atoms with van der Waals surface area (Å²) in [5.74, 6) is 0.112. The van der Waals surface area contributed by atoms with E-state index in [-0.39, 0.29) is 12.2 Å². The molecule has 6 heteroatoms. The molecule has 0 saturated carbocycles. The molecule has 0 aromatic heterocycles. The number of hydrogen-bond donors (Lipinski definition) is 6. The third kappa shape index (κ3) is 3.05. The van der Waals surface area contributed by atoms with Gasteiger partial charge in [-0.25, -0.2) is 0 Å². The smallest absolute Gasteiger partial charge is 0.0954 e. The predicted molar refractivity (Wildman–Crippen MR) is 49.0 cm³/mol. The minimum Gasteiger partial charge on any atom is -0.386 e. The van der Waals surface area contributed by atoms with Crippen LogP contribution < -0.4 is 34.4 Å². The highest BCUT2D eigenvalue weighted by molar-refractivity contribution is 5.18. The van der Waals surface area contributed by atoms with E-state index in [1.165, 1.54) is 0 Å². The van der Waals surface area contributed by atoms with Gasteiger partial charge in [0.05, 0.1) is 17.6 Å². The molecule has 0 bridgehead atoms. The van der Waals surface area contributed by atoms with Gasteiger partial charge in [0.15, 0.2) is 0 Å². The summed E-state index contributed by atoms with van der Waals surface area (Å²) in [7, 11) is 0. The lowest BCUT2D eigenvalue weighted by molar-refractivity contribution is 0.426. The largest absolute Gasteiger partial charge is 0.386 e. The molecule has 0 radical (unpaired) electrons. The molecule has 0 atom stereocenters. The Balaban J connectivity index is 4.51. The predicted octanol–water partition coefficient (Wildman–Crippen LogP) is -2.62. The monoisotopic (exact) mass is 174 g/mol. The SMILES string of the molecule is CC(=C(N)N)C(N)(N)CC(N)N. The Labute approximate surface area is 71.9 Å². The quantitative estimate of drug-likeness (QED) is 0.257. The molecular formula is C6H18N6. The van der Waals surface area contributed by atoms with Crippen LogP contribution in [0.25, 0.3) is 0 Å². The number of nitrogens with two attached hydrogens (primary N) is 6.